The van der Waals surface area contributed by atoms with Crippen molar-refractivity contribution in [1.82, 2.24) is 25.8 Å². The fourth-order valence-electron chi connectivity index (χ4n) is 5.94. The highest BCUT2D eigenvalue weighted by atomic mass is 32.1. The summed E-state index contributed by atoms with van der Waals surface area (Å²) in [5.41, 5.74) is 4.55. The van der Waals surface area contributed by atoms with Crippen LogP contribution in [0.4, 0.5) is 0 Å². The lowest BCUT2D eigenvalue weighted by atomic mass is 9.93. The molecule has 2 aromatic heterocycles. The quantitative estimate of drug-likeness (QED) is 0.414. The van der Waals surface area contributed by atoms with Crippen LogP contribution in [0.3, 0.4) is 0 Å². The van der Waals surface area contributed by atoms with Crippen molar-refractivity contribution >= 4 is 35.0 Å². The number of hydrogen-bond acceptors (Lipinski definition) is 6. The normalized spacial score (nSPS) is 20.2. The third-order valence-electron chi connectivity index (χ3n) is 8.29. The molecule has 0 spiro atoms. The van der Waals surface area contributed by atoms with Crippen molar-refractivity contribution in [3.63, 3.8) is 0 Å². The largest absolute Gasteiger partial charge is 0.355 e. The number of aromatic nitrogens is 1. The molecule has 0 unspecified atom stereocenters. The molecule has 44 heavy (non-hydrogen) atoms. The van der Waals surface area contributed by atoms with Crippen molar-refractivity contribution in [3.8, 4) is 0 Å². The second-order valence-electron chi connectivity index (χ2n) is 12.1. The Bertz CT molecular complexity index is 1490. The number of aryl methyl sites for hydroxylation is 2. The van der Waals surface area contributed by atoms with E-state index in [1.54, 1.807) is 17.2 Å². The van der Waals surface area contributed by atoms with Crippen molar-refractivity contribution in [3.05, 3.63) is 86.9 Å². The van der Waals surface area contributed by atoms with E-state index in [0.717, 1.165) is 42.4 Å². The molecule has 2 aliphatic rings. The highest BCUT2D eigenvalue weighted by molar-refractivity contribution is 7.12. The van der Waals surface area contributed by atoms with Crippen LogP contribution >= 0.6 is 11.3 Å². The van der Waals surface area contributed by atoms with E-state index >= 15 is 0 Å². The van der Waals surface area contributed by atoms with Gasteiger partial charge >= 0.3 is 0 Å². The first-order chi connectivity index (χ1) is 21.3. The van der Waals surface area contributed by atoms with E-state index in [9.17, 15) is 19.2 Å². The van der Waals surface area contributed by atoms with Gasteiger partial charge in [0.05, 0.1) is 23.0 Å². The van der Waals surface area contributed by atoms with Gasteiger partial charge in [-0.2, -0.15) is 0 Å². The zero-order valence-electron chi connectivity index (χ0n) is 25.4. The number of rotatable bonds is 4. The van der Waals surface area contributed by atoms with Gasteiger partial charge in [0.2, 0.25) is 11.8 Å². The Labute approximate surface area is 262 Å². The van der Waals surface area contributed by atoms with Crippen LogP contribution in [0.1, 0.15) is 75.4 Å². The topological polar surface area (TPSA) is 120 Å². The number of hydrogen-bond donors (Lipinski definition) is 3. The zero-order chi connectivity index (χ0) is 31.1. The lowest BCUT2D eigenvalue weighted by Crippen LogP contribution is -2.55. The SMILES string of the molecule is CC(C)[C@H]1NC(=O)c2cncc(c2)CCCNC(=O)CN(C(=O)c2scc3c2CCCC3)C[C@@H](Cc2ccccc2)NC1=O. The highest BCUT2D eigenvalue weighted by Crippen LogP contribution is 2.31. The second kappa shape index (κ2) is 14.6. The van der Waals surface area contributed by atoms with Gasteiger partial charge in [0.1, 0.15) is 6.04 Å². The lowest BCUT2D eigenvalue weighted by Gasteiger charge is -2.30. The predicted octanol–water partition coefficient (Wildman–Crippen LogP) is 3.71. The predicted molar refractivity (Wildman–Crippen MR) is 171 cm³/mol. The molecule has 1 aliphatic carbocycles. The summed E-state index contributed by atoms with van der Waals surface area (Å²) in [5.74, 6) is -1.34. The first-order valence-corrected chi connectivity index (χ1v) is 16.4. The minimum absolute atomic E-state index is 0.117. The molecule has 2 bridgehead atoms. The average molecular weight is 616 g/mol. The molecule has 4 amide bonds. The maximum atomic E-state index is 14.1. The molecule has 0 fully saturated rings. The number of carbonyl (C=O) groups is 4. The van der Waals surface area contributed by atoms with Crippen molar-refractivity contribution < 1.29 is 19.2 Å². The summed E-state index contributed by atoms with van der Waals surface area (Å²) < 4.78 is 0. The molecule has 9 nitrogen and oxygen atoms in total. The molecule has 10 heteroatoms. The molecule has 3 aromatic rings. The van der Waals surface area contributed by atoms with E-state index < -0.39 is 12.1 Å². The summed E-state index contributed by atoms with van der Waals surface area (Å²) >= 11 is 1.45. The fourth-order valence-corrected chi connectivity index (χ4v) is 7.06. The molecule has 5 rings (SSSR count). The molecule has 0 saturated heterocycles. The first-order valence-electron chi connectivity index (χ1n) is 15.5. The molecule has 0 radical (unpaired) electrons. The third kappa shape index (κ3) is 7.91. The van der Waals surface area contributed by atoms with Gasteiger partial charge in [-0.3, -0.25) is 24.2 Å². The molecule has 1 aromatic carbocycles. The van der Waals surface area contributed by atoms with Crippen LogP contribution in [-0.4, -0.2) is 65.2 Å². The number of nitrogens with one attached hydrogen (secondary N) is 3. The van der Waals surface area contributed by atoms with Crippen LogP contribution in [0.5, 0.6) is 0 Å². The van der Waals surface area contributed by atoms with Crippen LogP contribution in [0.25, 0.3) is 0 Å². The van der Waals surface area contributed by atoms with Gasteiger partial charge in [0.25, 0.3) is 11.8 Å². The van der Waals surface area contributed by atoms with Gasteiger partial charge < -0.3 is 20.9 Å². The maximum Gasteiger partial charge on any atom is 0.264 e. The highest BCUT2D eigenvalue weighted by Gasteiger charge is 2.31. The van der Waals surface area contributed by atoms with E-state index in [1.165, 1.54) is 23.1 Å². The molecular formula is C34H41N5O4S. The zero-order valence-corrected chi connectivity index (χ0v) is 26.3. The summed E-state index contributed by atoms with van der Waals surface area (Å²) in [6, 6.07) is 10.2. The summed E-state index contributed by atoms with van der Waals surface area (Å²) in [4.78, 5) is 60.9. The minimum atomic E-state index is -0.808. The average Bonchev–Trinajstić information content (AvgIpc) is 3.45. The number of fused-ring (bicyclic) bond motifs is 3. The number of benzene rings is 1. The molecular weight excluding hydrogens is 574 g/mol. The Morgan fingerprint density at radius 2 is 1.82 bits per heavy atom. The third-order valence-corrected chi connectivity index (χ3v) is 9.35. The van der Waals surface area contributed by atoms with Crippen LogP contribution in [-0.2, 0) is 35.3 Å². The Balaban J connectivity index is 1.47. The Kier molecular flexibility index (Phi) is 10.4. The molecule has 0 saturated carbocycles. The van der Waals surface area contributed by atoms with Crippen LogP contribution in [0.15, 0.2) is 54.2 Å². The van der Waals surface area contributed by atoms with Gasteiger partial charge in [-0.05, 0) is 84.6 Å². The summed E-state index contributed by atoms with van der Waals surface area (Å²) in [6.07, 6.45) is 8.89. The Morgan fingerprint density at radius 3 is 2.61 bits per heavy atom. The molecule has 1 aliphatic heterocycles. The summed E-state index contributed by atoms with van der Waals surface area (Å²) in [6.45, 7) is 4.21. The van der Waals surface area contributed by atoms with Gasteiger partial charge in [0, 0.05) is 25.5 Å². The summed E-state index contributed by atoms with van der Waals surface area (Å²) in [7, 11) is 0. The standard InChI is InChI=1S/C34H41N5O4S/c1-22(2)30-33(42)37-27(16-23-9-4-3-5-10-23)19-39(34(43)31-28-13-7-6-12-25(28)21-44-31)20-29(40)36-14-8-11-24-15-26(18-35-17-24)32(41)38-30/h3-5,9-10,15,17-18,21-22,27,30H,6-8,11-14,16,19-20H2,1-2H3,(H,36,40)(H,37,42)(H,38,41)/t27-,30-/m1/s1. The van der Waals surface area contributed by atoms with Gasteiger partial charge in [0.15, 0.2) is 0 Å². The number of thiophene rings is 1. The Hall–Kier alpha value is -4.05. The van der Waals surface area contributed by atoms with E-state index in [1.807, 2.05) is 44.2 Å². The first kappa shape index (κ1) is 31.4. The summed E-state index contributed by atoms with van der Waals surface area (Å²) in [5, 5.41) is 11.1. The van der Waals surface area contributed by atoms with E-state index in [-0.39, 0.29) is 42.6 Å². The maximum absolute atomic E-state index is 14.1. The minimum Gasteiger partial charge on any atom is -0.355 e. The van der Waals surface area contributed by atoms with Crippen LogP contribution in [0, 0.1) is 5.92 Å². The molecule has 232 valence electrons. The monoisotopic (exact) mass is 615 g/mol. The van der Waals surface area contributed by atoms with Crippen LogP contribution in [0.2, 0.25) is 0 Å². The lowest BCUT2D eigenvalue weighted by molar-refractivity contribution is -0.124. The smallest absolute Gasteiger partial charge is 0.264 e. The second-order valence-corrected chi connectivity index (χ2v) is 13.0. The van der Waals surface area contributed by atoms with Gasteiger partial charge in [-0.1, -0.05) is 44.2 Å². The van der Waals surface area contributed by atoms with E-state index in [2.05, 4.69) is 26.3 Å². The van der Waals surface area contributed by atoms with Gasteiger partial charge in [-0.15, -0.1) is 11.3 Å². The van der Waals surface area contributed by atoms with E-state index in [0.29, 0.717) is 36.2 Å². The van der Waals surface area contributed by atoms with E-state index in [4.69, 9.17) is 0 Å². The number of carbonyl (C=O) groups excluding carboxylic acids is 4. The Morgan fingerprint density at radius 1 is 1.02 bits per heavy atom. The van der Waals surface area contributed by atoms with Crippen molar-refractivity contribution in [1.29, 1.82) is 0 Å². The molecule has 2 atom stereocenters. The number of amides is 4. The van der Waals surface area contributed by atoms with Crippen molar-refractivity contribution in [2.75, 3.05) is 19.6 Å². The fraction of sp³-hybridized carbons (Fsp3) is 0.441. The van der Waals surface area contributed by atoms with Crippen molar-refractivity contribution in [2.24, 2.45) is 5.92 Å². The number of nitrogens with zero attached hydrogens (tertiary/aromatic N) is 2. The van der Waals surface area contributed by atoms with Gasteiger partial charge in [-0.25, -0.2) is 0 Å². The molecule has 3 heterocycles. The van der Waals surface area contributed by atoms with Crippen LogP contribution < -0.4 is 16.0 Å². The number of pyridine rings is 1. The molecule has 3 N–H and O–H groups in total. The van der Waals surface area contributed by atoms with Crippen molar-refractivity contribution in [2.45, 2.75) is 70.9 Å².